The molecule has 74 heavy (non-hydrogen) atoms. The van der Waals surface area contributed by atoms with Gasteiger partial charge in [0.25, 0.3) is 0 Å². The monoisotopic (exact) mass is 1180 g/mol. The molecular weight excluding hydrogens is 1130 g/mol. The van der Waals surface area contributed by atoms with E-state index in [0.717, 1.165) is 6.92 Å². The molecule has 29 heteroatoms. The van der Waals surface area contributed by atoms with E-state index < -0.39 is 59.1 Å². The molecule has 0 spiro atoms. The van der Waals surface area contributed by atoms with Gasteiger partial charge < -0.3 is 46.4 Å². The molecule has 2 aromatic heterocycles. The number of carboxylic acids is 4. The number of sulfone groups is 3. The number of benzene rings is 3. The van der Waals surface area contributed by atoms with Crippen LogP contribution < -0.4 is 40.4 Å². The second-order valence-electron chi connectivity index (χ2n) is 14.6. The van der Waals surface area contributed by atoms with Crippen molar-refractivity contribution in [2.45, 2.75) is 90.7 Å². The van der Waals surface area contributed by atoms with E-state index in [2.05, 4.69) is 9.97 Å². The molecule has 5 aromatic rings. The Morgan fingerprint density at radius 1 is 0.635 bits per heavy atom. The number of carboxylic acid groups (broad SMARTS) is 4. The number of aldehydes is 1. The van der Waals surface area contributed by atoms with E-state index in [4.69, 9.17) is 65.8 Å². The second kappa shape index (κ2) is 34.6. The average Bonchev–Trinajstić information content (AvgIpc) is 3.83. The van der Waals surface area contributed by atoms with Gasteiger partial charge in [0.15, 0.2) is 16.1 Å². The predicted molar refractivity (Wildman–Crippen MR) is 269 cm³/mol. The first-order valence-corrected chi connectivity index (χ1v) is 26.0. The van der Waals surface area contributed by atoms with Crippen LogP contribution in [0, 0.1) is 13.8 Å². The van der Waals surface area contributed by atoms with Crippen molar-refractivity contribution < 1.29 is 114 Å². The molecule has 0 aliphatic carbocycles. The van der Waals surface area contributed by atoms with E-state index in [1.165, 1.54) is 86.6 Å². The van der Waals surface area contributed by atoms with Crippen LogP contribution in [0.3, 0.4) is 0 Å². The summed E-state index contributed by atoms with van der Waals surface area (Å²) in [6.07, 6.45) is 1.66. The van der Waals surface area contributed by atoms with Gasteiger partial charge in [-0.1, -0.05) is 34.8 Å². The average molecular weight is 1180 g/mol. The van der Waals surface area contributed by atoms with Crippen molar-refractivity contribution in [3.8, 4) is 0 Å². The number of ketones is 2. The molecule has 0 aliphatic heterocycles. The minimum Gasteiger partial charge on any atom is -0.550 e. The summed E-state index contributed by atoms with van der Waals surface area (Å²) in [5.74, 6) is -5.14. The molecule has 0 atom stereocenters. The Kier molecular flexibility index (Phi) is 34.2. The number of nitrogens with one attached hydrogen (secondary N) is 2. The number of Topliss-reactive ketones (excluding diaryl/α,β-unsaturated/α-hetero) is 2. The molecule has 0 bridgehead atoms. The third-order valence-electron chi connectivity index (χ3n) is 8.87. The van der Waals surface area contributed by atoms with E-state index in [0.29, 0.717) is 38.3 Å². The topological polar surface area (TPSA) is 395 Å². The Balaban J connectivity index is -0.000000912. The largest absolute Gasteiger partial charge is 1.00 e. The van der Waals surface area contributed by atoms with Crippen LogP contribution in [0.1, 0.15) is 72.5 Å². The van der Waals surface area contributed by atoms with Crippen LogP contribution in [0.4, 0.5) is 0 Å². The number of aromatic nitrogens is 2. The van der Waals surface area contributed by atoms with Crippen molar-refractivity contribution in [2.24, 2.45) is 5.73 Å². The van der Waals surface area contributed by atoms with Crippen molar-refractivity contribution in [1.82, 2.24) is 9.97 Å². The quantitative estimate of drug-likeness (QED) is 0.0539. The molecule has 0 saturated heterocycles. The van der Waals surface area contributed by atoms with Crippen molar-refractivity contribution in [2.75, 3.05) is 12.3 Å². The fourth-order valence-corrected chi connectivity index (χ4v) is 10.8. The van der Waals surface area contributed by atoms with Crippen LogP contribution in [-0.4, -0.2) is 110 Å². The van der Waals surface area contributed by atoms with Gasteiger partial charge >= 0.3 is 47.5 Å². The van der Waals surface area contributed by atoms with Gasteiger partial charge in [-0.15, -0.1) is 12.4 Å². The molecule has 2 heterocycles. The number of carbonyl (C=O) groups is 7. The zero-order chi connectivity index (χ0) is 54.4. The molecule has 5 rings (SSSR count). The van der Waals surface area contributed by atoms with Gasteiger partial charge in [0.05, 0.1) is 43.1 Å². The van der Waals surface area contributed by atoms with Crippen LogP contribution in [0.2, 0.25) is 15.1 Å². The number of rotatable bonds is 18. The predicted octanol–water partition coefficient (Wildman–Crippen LogP) is 1.90. The normalized spacial score (nSPS) is 10.4. The third-order valence-corrected chi connectivity index (χ3v) is 15.4. The smallest absolute Gasteiger partial charge is 0.550 e. The van der Waals surface area contributed by atoms with Gasteiger partial charge in [-0.3, -0.25) is 28.8 Å². The van der Waals surface area contributed by atoms with E-state index in [-0.39, 0.29) is 140 Å². The number of H-pyrrole nitrogens is 2. The molecule has 402 valence electrons. The first kappa shape index (κ1) is 73.3. The van der Waals surface area contributed by atoms with Crippen LogP contribution >= 0.6 is 47.2 Å². The number of hydrogen-bond acceptors (Lipinski definition) is 15. The zero-order valence-corrected chi connectivity index (χ0v) is 47.7. The summed E-state index contributed by atoms with van der Waals surface area (Å²) in [5, 5.41) is 35.8. The summed E-state index contributed by atoms with van der Waals surface area (Å²) in [4.78, 5) is 78.3. The Morgan fingerprint density at radius 2 is 1.01 bits per heavy atom. The first-order chi connectivity index (χ1) is 32.9. The Labute approximate surface area is 470 Å². The maximum Gasteiger partial charge on any atom is 1.00 e. The van der Waals surface area contributed by atoms with Crippen LogP contribution in [0.5, 0.6) is 0 Å². The Bertz CT molecular complexity index is 3020. The molecule has 0 unspecified atom stereocenters. The van der Waals surface area contributed by atoms with Crippen LogP contribution in [0.15, 0.2) is 103 Å². The Morgan fingerprint density at radius 3 is 1.38 bits per heavy atom. The van der Waals surface area contributed by atoms with Crippen molar-refractivity contribution in [3.63, 3.8) is 0 Å². The van der Waals surface area contributed by atoms with Crippen LogP contribution in [0.25, 0.3) is 0 Å². The maximum atomic E-state index is 12.8. The van der Waals surface area contributed by atoms with Gasteiger partial charge in [-0.2, -0.15) is 0 Å². The summed E-state index contributed by atoms with van der Waals surface area (Å²) in [6.45, 7) is 5.33. The van der Waals surface area contributed by atoms with Gasteiger partial charge in [0, 0.05) is 63.4 Å². The first-order valence-electron chi connectivity index (χ1n) is 20.3. The number of nitrogens with two attached hydrogens (primary N) is 1. The number of aromatic amines is 2. The summed E-state index contributed by atoms with van der Waals surface area (Å²) in [5.41, 5.74) is 6.45. The molecule has 0 amide bonds. The summed E-state index contributed by atoms with van der Waals surface area (Å²) in [7, 11) is -11.1. The minimum absolute atomic E-state index is 0. The number of hydrogen-bond donors (Lipinski definition) is 6. The molecule has 3 aromatic carbocycles. The summed E-state index contributed by atoms with van der Waals surface area (Å²) >= 11 is 17.1. The molecule has 9 N–H and O–H groups in total. The fraction of sp³-hybridized carbons (Fsp3) is 0.267. The van der Waals surface area contributed by atoms with E-state index >= 15 is 0 Å². The molecular formula is C45H52Cl4N3NaO18S3. The second-order valence-corrected chi connectivity index (χ2v) is 21.7. The van der Waals surface area contributed by atoms with E-state index in [1.807, 2.05) is 0 Å². The van der Waals surface area contributed by atoms with Crippen LogP contribution in [-0.2, 0) is 71.1 Å². The molecule has 0 saturated carbocycles. The number of aryl methyl sites for hydroxylation is 3. The van der Waals surface area contributed by atoms with Gasteiger partial charge in [-0.25, -0.2) is 25.3 Å². The van der Waals surface area contributed by atoms with Crippen molar-refractivity contribution >= 4 is 118 Å². The van der Waals surface area contributed by atoms with Gasteiger partial charge in [0.2, 0.25) is 19.7 Å². The molecule has 0 fully saturated rings. The minimum atomic E-state index is -3.90. The molecule has 21 nitrogen and oxygen atoms in total. The summed E-state index contributed by atoms with van der Waals surface area (Å²) in [6, 6.07) is 17.3. The van der Waals surface area contributed by atoms with E-state index in [9.17, 15) is 54.0 Å². The molecule has 0 aliphatic rings. The maximum absolute atomic E-state index is 12.8. The van der Waals surface area contributed by atoms with Crippen molar-refractivity contribution in [3.05, 3.63) is 122 Å². The van der Waals surface area contributed by atoms with Gasteiger partial charge in [0.1, 0.15) is 17.3 Å². The SMILES string of the molecule is CC(=O)CS(=O)(=O)c1ccc(Cl)cc1.CC(=O)[O-].Cc1[nH]c(C=O)c(CCC(=O)O)c1S(=O)(=O)c1ccc(Cl)cc1.Cc1[nH]cc(CCC(=O)O)c1S(=O)(=O)c1ccc(Cl)cc1.Cl.NCC(=O)CCC(=O)O.O.[Na+]. The number of aliphatic carboxylic acids is 4. The summed E-state index contributed by atoms with van der Waals surface area (Å²) < 4.78 is 74.0. The van der Waals surface area contributed by atoms with Gasteiger partial charge in [-0.05, 0) is 119 Å². The fourth-order valence-electron chi connectivity index (χ4n) is 5.80. The van der Waals surface area contributed by atoms with Crippen molar-refractivity contribution in [1.29, 1.82) is 0 Å². The standard InChI is InChI=1S/C15H14ClNO5S.C14H14ClNO4S.C9H9ClO3S.C5H9NO3.C2H4O2.ClH.Na.H2O/c1-9-15(12(6-7-14(19)20)13(8-18)17-9)23(21,22)11-4-2-10(16)3-5-11;1-9-14(10(8-16-9)2-7-13(17)18)21(19,20)12-5-3-11(15)4-6-12;1-7(11)6-14(12,13)9-4-2-8(10)3-5-9;6-3-4(7)1-2-5(8)9;1-2(3)4;;;/h2-5,8,17H,6-7H2,1H3,(H,19,20);3-6,8,16H,2,7H2,1H3,(H,17,18);2-5H,6H2,1H3;1-3,6H2,(H,8,9);1H3,(H,3,4);1H;;1H2/q;;;;;;+1;/p-1. The number of halogens is 4. The Hall–Kier alpha value is -4.96. The van der Waals surface area contributed by atoms with E-state index in [1.54, 1.807) is 13.1 Å². The third kappa shape index (κ3) is 25.0. The molecule has 0 radical (unpaired) electrons. The number of carbonyl (C=O) groups excluding carboxylic acids is 4. The zero-order valence-electron chi connectivity index (χ0n) is 40.1.